The second kappa shape index (κ2) is 8.24. The van der Waals surface area contributed by atoms with E-state index in [1.54, 1.807) is 0 Å². The van der Waals surface area contributed by atoms with Gasteiger partial charge in [-0.2, -0.15) is 5.10 Å². The van der Waals surface area contributed by atoms with Gasteiger partial charge in [-0.05, 0) is 92.3 Å². The lowest BCUT2D eigenvalue weighted by molar-refractivity contribution is 0.0888. The summed E-state index contributed by atoms with van der Waals surface area (Å²) in [6.07, 6.45) is 7.87. The van der Waals surface area contributed by atoms with E-state index >= 15 is 0 Å². The van der Waals surface area contributed by atoms with E-state index in [4.69, 9.17) is 0 Å². The summed E-state index contributed by atoms with van der Waals surface area (Å²) >= 11 is 0. The molecule has 2 rings (SSSR count). The average Bonchev–Trinajstić information content (AvgIpc) is 2.91. The van der Waals surface area contributed by atoms with Gasteiger partial charge in [-0.15, -0.1) is 0 Å². The highest BCUT2D eigenvalue weighted by Gasteiger charge is 2.33. The van der Waals surface area contributed by atoms with Gasteiger partial charge in [-0.3, -0.25) is 14.5 Å². The van der Waals surface area contributed by atoms with Crippen LogP contribution in [0.15, 0.2) is 12.4 Å². The summed E-state index contributed by atoms with van der Waals surface area (Å²) in [6.45, 7) is 25.8. The Balaban J connectivity index is 1.98. The first-order valence-electron chi connectivity index (χ1n) is 10.9. The maximum absolute atomic E-state index is 4.67. The molecule has 0 amide bonds. The van der Waals surface area contributed by atoms with E-state index in [-0.39, 0.29) is 16.6 Å². The van der Waals surface area contributed by atoms with E-state index in [0.717, 1.165) is 6.42 Å². The SMILES string of the molecule is CC(C)c1cnn(C(C)(C)CCC(C)(C)N2CCCN(C(C)(C)C)CC2)c1. The van der Waals surface area contributed by atoms with Crippen LogP contribution in [0.25, 0.3) is 0 Å². The Morgan fingerprint density at radius 1 is 0.852 bits per heavy atom. The second-order valence-corrected chi connectivity index (χ2v) is 11.0. The van der Waals surface area contributed by atoms with Crippen molar-refractivity contribution >= 4 is 0 Å². The molecule has 0 aliphatic carbocycles. The minimum absolute atomic E-state index is 0.0493. The molecule has 1 fully saturated rings. The second-order valence-electron chi connectivity index (χ2n) is 11.0. The third-order valence-corrected chi connectivity index (χ3v) is 6.54. The van der Waals surface area contributed by atoms with Crippen molar-refractivity contribution in [1.82, 2.24) is 19.6 Å². The molecule has 2 heterocycles. The van der Waals surface area contributed by atoms with Crippen molar-refractivity contribution in [1.29, 1.82) is 0 Å². The van der Waals surface area contributed by atoms with Gasteiger partial charge in [-0.25, -0.2) is 0 Å². The minimum atomic E-state index is 0.0493. The van der Waals surface area contributed by atoms with Gasteiger partial charge < -0.3 is 0 Å². The number of hydrogen-bond acceptors (Lipinski definition) is 3. The topological polar surface area (TPSA) is 24.3 Å². The van der Waals surface area contributed by atoms with Crippen molar-refractivity contribution in [2.45, 2.75) is 104 Å². The molecule has 0 bridgehead atoms. The molecular formula is C23H44N4. The summed E-state index contributed by atoms with van der Waals surface area (Å²) in [6, 6.07) is 0. The Hall–Kier alpha value is -0.870. The highest BCUT2D eigenvalue weighted by atomic mass is 15.3. The summed E-state index contributed by atoms with van der Waals surface area (Å²) in [4.78, 5) is 5.36. The molecule has 0 spiro atoms. The van der Waals surface area contributed by atoms with Crippen LogP contribution >= 0.6 is 0 Å². The highest BCUT2D eigenvalue weighted by molar-refractivity contribution is 5.10. The van der Waals surface area contributed by atoms with Crippen LogP contribution in [0.2, 0.25) is 0 Å². The molecule has 27 heavy (non-hydrogen) atoms. The van der Waals surface area contributed by atoms with Crippen LogP contribution in [0.1, 0.15) is 93.1 Å². The van der Waals surface area contributed by atoms with E-state index in [9.17, 15) is 0 Å². The molecule has 1 aliphatic rings. The van der Waals surface area contributed by atoms with Gasteiger partial charge in [0.15, 0.2) is 0 Å². The summed E-state index contributed by atoms with van der Waals surface area (Å²) < 4.78 is 2.18. The molecule has 1 aromatic heterocycles. The Morgan fingerprint density at radius 3 is 1.96 bits per heavy atom. The van der Waals surface area contributed by atoms with Gasteiger partial charge in [-0.1, -0.05) is 13.8 Å². The fraction of sp³-hybridized carbons (Fsp3) is 0.870. The van der Waals surface area contributed by atoms with Crippen LogP contribution in [-0.2, 0) is 5.54 Å². The maximum Gasteiger partial charge on any atom is 0.0572 e. The predicted octanol–water partition coefficient (Wildman–Crippen LogP) is 5.11. The van der Waals surface area contributed by atoms with Crippen LogP contribution in [0, 0.1) is 0 Å². The predicted molar refractivity (Wildman–Crippen MR) is 116 cm³/mol. The van der Waals surface area contributed by atoms with Crippen molar-refractivity contribution in [2.75, 3.05) is 26.2 Å². The van der Waals surface area contributed by atoms with Gasteiger partial charge in [0.1, 0.15) is 0 Å². The summed E-state index contributed by atoms with van der Waals surface area (Å²) in [5.74, 6) is 0.536. The molecule has 0 atom stereocenters. The lowest BCUT2D eigenvalue weighted by Crippen LogP contribution is -2.48. The maximum atomic E-state index is 4.67. The molecule has 0 aromatic carbocycles. The summed E-state index contributed by atoms with van der Waals surface area (Å²) in [5.41, 5.74) is 1.88. The van der Waals surface area contributed by atoms with Crippen molar-refractivity contribution in [2.24, 2.45) is 0 Å². The Morgan fingerprint density at radius 2 is 1.41 bits per heavy atom. The first kappa shape index (κ1) is 22.4. The molecule has 4 nitrogen and oxygen atoms in total. The van der Waals surface area contributed by atoms with Gasteiger partial charge in [0, 0.05) is 30.4 Å². The third-order valence-electron chi connectivity index (χ3n) is 6.54. The fourth-order valence-corrected chi connectivity index (χ4v) is 4.04. The lowest BCUT2D eigenvalue weighted by Gasteiger charge is -2.41. The van der Waals surface area contributed by atoms with Crippen LogP contribution in [0.4, 0.5) is 0 Å². The van der Waals surface area contributed by atoms with Crippen molar-refractivity contribution in [3.63, 3.8) is 0 Å². The molecule has 1 aliphatic heterocycles. The van der Waals surface area contributed by atoms with Gasteiger partial charge in [0.05, 0.1) is 11.7 Å². The number of rotatable bonds is 6. The smallest absolute Gasteiger partial charge is 0.0572 e. The van der Waals surface area contributed by atoms with Crippen LogP contribution < -0.4 is 0 Å². The first-order valence-corrected chi connectivity index (χ1v) is 10.9. The molecule has 0 radical (unpaired) electrons. The summed E-state index contributed by atoms with van der Waals surface area (Å²) in [7, 11) is 0. The van der Waals surface area contributed by atoms with E-state index in [1.807, 2.05) is 6.20 Å². The molecule has 1 aromatic rings. The Bertz CT molecular complexity index is 592. The average molecular weight is 377 g/mol. The molecule has 156 valence electrons. The number of nitrogens with zero attached hydrogens (tertiary/aromatic N) is 4. The van der Waals surface area contributed by atoms with Gasteiger partial charge >= 0.3 is 0 Å². The highest BCUT2D eigenvalue weighted by Crippen LogP contribution is 2.30. The van der Waals surface area contributed by atoms with Gasteiger partial charge in [0.2, 0.25) is 0 Å². The zero-order chi connectivity index (χ0) is 20.5. The molecule has 0 unspecified atom stereocenters. The molecule has 1 saturated heterocycles. The number of aromatic nitrogens is 2. The largest absolute Gasteiger partial charge is 0.297 e. The van der Waals surface area contributed by atoms with Crippen LogP contribution in [0.3, 0.4) is 0 Å². The Labute approximate surface area is 168 Å². The monoisotopic (exact) mass is 376 g/mol. The summed E-state index contributed by atoms with van der Waals surface area (Å²) in [5, 5.41) is 4.67. The zero-order valence-corrected chi connectivity index (χ0v) is 19.5. The van der Waals surface area contributed by atoms with E-state index in [1.165, 1.54) is 44.6 Å². The zero-order valence-electron chi connectivity index (χ0n) is 19.5. The lowest BCUT2D eigenvalue weighted by atomic mass is 9.88. The first-order chi connectivity index (χ1) is 12.3. The van der Waals surface area contributed by atoms with Crippen LogP contribution in [-0.4, -0.2) is 56.8 Å². The van der Waals surface area contributed by atoms with E-state index < -0.39 is 0 Å². The quantitative estimate of drug-likeness (QED) is 0.690. The van der Waals surface area contributed by atoms with Gasteiger partial charge in [0.25, 0.3) is 0 Å². The molecule has 4 heteroatoms. The normalized spacial score (nSPS) is 18.9. The Kier molecular flexibility index (Phi) is 6.85. The van der Waals surface area contributed by atoms with Crippen molar-refractivity contribution in [3.05, 3.63) is 18.0 Å². The fourth-order valence-electron chi connectivity index (χ4n) is 4.04. The standard InChI is InChI=1S/C23H44N4/c1-19(2)20-17-24-27(18-20)23(8,9)12-11-22(6,7)26-14-10-13-25(15-16-26)21(3,4)5/h17-19H,10-16H2,1-9H3. The van der Waals surface area contributed by atoms with Crippen molar-refractivity contribution < 1.29 is 0 Å². The molecular weight excluding hydrogens is 332 g/mol. The third kappa shape index (κ3) is 5.80. The minimum Gasteiger partial charge on any atom is -0.297 e. The molecule has 0 N–H and O–H groups in total. The van der Waals surface area contributed by atoms with E-state index in [2.05, 4.69) is 88.1 Å². The van der Waals surface area contributed by atoms with Crippen LogP contribution in [0.5, 0.6) is 0 Å². The van der Waals surface area contributed by atoms with E-state index in [0.29, 0.717) is 5.92 Å². The molecule has 0 saturated carbocycles. The van der Waals surface area contributed by atoms with Crippen molar-refractivity contribution in [3.8, 4) is 0 Å². The number of hydrogen-bond donors (Lipinski definition) is 0.